The first-order chi connectivity index (χ1) is 12.1. The summed E-state index contributed by atoms with van der Waals surface area (Å²) in [7, 11) is -1.62. The van der Waals surface area contributed by atoms with Crippen LogP contribution in [0.25, 0.3) is 0 Å². The van der Waals surface area contributed by atoms with E-state index in [1.165, 1.54) is 0 Å². The average Bonchev–Trinajstić information content (AvgIpc) is 3.01. The van der Waals surface area contributed by atoms with Crippen molar-refractivity contribution in [3.05, 3.63) is 35.9 Å². The first kappa shape index (κ1) is 18.3. The molecule has 1 saturated carbocycles. The predicted molar refractivity (Wildman–Crippen MR) is 99.4 cm³/mol. The van der Waals surface area contributed by atoms with Crippen LogP contribution in [0.4, 0.5) is 0 Å². The lowest BCUT2D eigenvalue weighted by molar-refractivity contribution is -0.251. The molecule has 4 rings (SSSR count). The van der Waals surface area contributed by atoms with E-state index in [0.29, 0.717) is 13.0 Å². The van der Waals surface area contributed by atoms with Gasteiger partial charge in [0.05, 0.1) is 14.7 Å². The lowest BCUT2D eigenvalue weighted by atomic mass is 9.73. The summed E-state index contributed by atoms with van der Waals surface area (Å²) in [6, 6.07) is 10.00. The largest absolute Gasteiger partial charge is 0.367 e. The molecule has 2 aliphatic heterocycles. The summed E-state index contributed by atoms with van der Waals surface area (Å²) in [5, 5.41) is 0. The number of ether oxygens (including phenoxy) is 4. The second kappa shape index (κ2) is 5.97. The summed E-state index contributed by atoms with van der Waals surface area (Å²) in [6.45, 7) is 11.0. The van der Waals surface area contributed by atoms with Crippen LogP contribution in [0.5, 0.6) is 0 Å². The Kier molecular flexibility index (Phi) is 4.21. The zero-order chi connectivity index (χ0) is 18.7. The van der Waals surface area contributed by atoms with Gasteiger partial charge < -0.3 is 18.9 Å². The van der Waals surface area contributed by atoms with Gasteiger partial charge in [-0.1, -0.05) is 50.0 Å². The number of rotatable bonds is 4. The fraction of sp³-hybridized carbons (Fsp3) is 0.650. The Morgan fingerprint density at radius 2 is 1.81 bits per heavy atom. The zero-order valence-corrected chi connectivity index (χ0v) is 17.2. The molecule has 1 aromatic carbocycles. The maximum Gasteiger partial charge on any atom is 0.191 e. The molecule has 0 amide bonds. The van der Waals surface area contributed by atoms with Gasteiger partial charge in [0, 0.05) is 6.42 Å². The fourth-order valence-corrected chi connectivity index (χ4v) is 7.03. The third-order valence-electron chi connectivity index (χ3n) is 5.78. The van der Waals surface area contributed by atoms with E-state index in [1.54, 1.807) is 0 Å². The van der Waals surface area contributed by atoms with E-state index in [0.717, 1.165) is 5.56 Å². The van der Waals surface area contributed by atoms with Gasteiger partial charge in [0.2, 0.25) is 0 Å². The van der Waals surface area contributed by atoms with Crippen LogP contribution in [0.1, 0.15) is 25.8 Å². The Hall–Kier alpha value is -1.05. The lowest BCUT2D eigenvalue weighted by Gasteiger charge is -2.53. The van der Waals surface area contributed by atoms with Crippen molar-refractivity contribution in [1.82, 2.24) is 0 Å². The molecule has 0 bridgehead atoms. The zero-order valence-electron chi connectivity index (χ0n) is 16.2. The molecular weight excluding hydrogens is 348 g/mol. The molecule has 6 heteroatoms. The number of carbonyl (C=O) groups is 1. The van der Waals surface area contributed by atoms with E-state index in [9.17, 15) is 4.79 Å². The quantitative estimate of drug-likeness (QED) is 0.753. The standard InChI is InChI=1S/C20H28O5Si/c1-19(2)23-16-17(22-12-13-9-7-6-8-10-13)20(25-18(16)24-19)14(21)11-15(20)26(3,4)5/h6-10,15-18H,11-12H2,1-5H3/t15?,16-,17?,18-,20-/m0/s1. The van der Waals surface area contributed by atoms with Crippen molar-refractivity contribution in [3.63, 3.8) is 0 Å². The number of ketones is 1. The topological polar surface area (TPSA) is 54.0 Å². The summed E-state index contributed by atoms with van der Waals surface area (Å²) in [5.74, 6) is -0.602. The van der Waals surface area contributed by atoms with E-state index in [-0.39, 0.29) is 17.4 Å². The molecule has 0 N–H and O–H groups in total. The molecule has 0 aromatic heterocycles. The number of carbonyl (C=O) groups excluding carboxylic acids is 1. The summed E-state index contributed by atoms with van der Waals surface area (Å²) in [6.07, 6.45) is -0.790. The summed E-state index contributed by atoms with van der Waals surface area (Å²) in [4.78, 5) is 12.8. The average molecular weight is 377 g/mol. The number of hydrogen-bond acceptors (Lipinski definition) is 5. The molecule has 1 aromatic rings. The normalized spacial score (nSPS) is 38.4. The van der Waals surface area contributed by atoms with Gasteiger partial charge in [0.15, 0.2) is 23.5 Å². The van der Waals surface area contributed by atoms with Crippen molar-refractivity contribution < 1.29 is 23.7 Å². The van der Waals surface area contributed by atoms with E-state index in [4.69, 9.17) is 18.9 Å². The first-order valence-electron chi connectivity index (χ1n) is 9.36. The van der Waals surface area contributed by atoms with E-state index >= 15 is 0 Å². The Balaban J connectivity index is 1.64. The monoisotopic (exact) mass is 376 g/mol. The van der Waals surface area contributed by atoms with Gasteiger partial charge in [-0.25, -0.2) is 0 Å². The van der Waals surface area contributed by atoms with Crippen molar-refractivity contribution in [2.45, 2.75) is 81.9 Å². The molecule has 1 aliphatic carbocycles. The number of benzene rings is 1. The minimum absolute atomic E-state index is 0.127. The Morgan fingerprint density at radius 3 is 2.42 bits per heavy atom. The van der Waals surface area contributed by atoms with Crippen LogP contribution in [0.2, 0.25) is 25.2 Å². The van der Waals surface area contributed by atoms with E-state index in [2.05, 4.69) is 19.6 Å². The second-order valence-corrected chi connectivity index (χ2v) is 14.6. The van der Waals surface area contributed by atoms with Crippen LogP contribution in [-0.4, -0.2) is 43.7 Å². The van der Waals surface area contributed by atoms with Crippen LogP contribution in [-0.2, 0) is 30.3 Å². The Bertz CT molecular complexity index is 698. The maximum atomic E-state index is 12.8. The number of Topliss-reactive ketones (excluding diaryl/α,β-unsaturated/α-hetero) is 1. The third kappa shape index (κ3) is 2.79. The van der Waals surface area contributed by atoms with Gasteiger partial charge in [0.25, 0.3) is 0 Å². The molecule has 3 fully saturated rings. The summed E-state index contributed by atoms with van der Waals surface area (Å²) < 4.78 is 24.7. The fourth-order valence-electron chi connectivity index (χ4n) is 4.55. The molecule has 2 saturated heterocycles. The molecule has 142 valence electrons. The molecule has 5 atom stereocenters. The maximum absolute atomic E-state index is 12.8. The van der Waals surface area contributed by atoms with E-state index < -0.39 is 31.9 Å². The number of hydrogen-bond donors (Lipinski definition) is 0. The lowest BCUT2D eigenvalue weighted by Crippen LogP contribution is -2.67. The van der Waals surface area contributed by atoms with Crippen LogP contribution >= 0.6 is 0 Å². The smallest absolute Gasteiger partial charge is 0.191 e. The van der Waals surface area contributed by atoms with Crippen LogP contribution in [0.15, 0.2) is 30.3 Å². The first-order valence-corrected chi connectivity index (χ1v) is 12.9. The minimum atomic E-state index is -1.62. The highest BCUT2D eigenvalue weighted by Gasteiger charge is 2.74. The highest BCUT2D eigenvalue weighted by atomic mass is 28.3. The SMILES string of the molecule is CC1(C)O[C@H]2O[C@]3(C(=O)CC3[Si](C)(C)C)C(OCc3ccccc3)[C@@H]2O1. The van der Waals surface area contributed by atoms with Crippen LogP contribution in [0, 0.1) is 0 Å². The summed E-state index contributed by atoms with van der Waals surface area (Å²) >= 11 is 0. The third-order valence-corrected chi connectivity index (χ3v) is 8.50. The minimum Gasteiger partial charge on any atom is -0.367 e. The van der Waals surface area contributed by atoms with E-state index in [1.807, 2.05) is 44.2 Å². The highest BCUT2D eigenvalue weighted by Crippen LogP contribution is 2.59. The summed E-state index contributed by atoms with van der Waals surface area (Å²) in [5.41, 5.74) is 0.371. The van der Waals surface area contributed by atoms with Crippen molar-refractivity contribution in [2.24, 2.45) is 0 Å². The number of fused-ring (bicyclic) bond motifs is 1. The van der Waals surface area contributed by atoms with Crippen LogP contribution < -0.4 is 0 Å². The molecule has 26 heavy (non-hydrogen) atoms. The van der Waals surface area contributed by atoms with Crippen LogP contribution in [0.3, 0.4) is 0 Å². The Labute approximate surface area is 156 Å². The molecule has 2 unspecified atom stereocenters. The highest BCUT2D eigenvalue weighted by molar-refractivity contribution is 6.79. The van der Waals surface area contributed by atoms with Gasteiger partial charge in [-0.05, 0) is 25.0 Å². The van der Waals surface area contributed by atoms with Crippen molar-refractivity contribution in [2.75, 3.05) is 0 Å². The molecule has 3 aliphatic rings. The Morgan fingerprint density at radius 1 is 1.12 bits per heavy atom. The van der Waals surface area contributed by atoms with Gasteiger partial charge in [-0.3, -0.25) is 4.79 Å². The molecule has 1 spiro atoms. The molecule has 0 radical (unpaired) electrons. The van der Waals surface area contributed by atoms with Crippen molar-refractivity contribution in [1.29, 1.82) is 0 Å². The molecular formula is C20H28O5Si. The van der Waals surface area contributed by atoms with Gasteiger partial charge in [0.1, 0.15) is 12.2 Å². The van der Waals surface area contributed by atoms with Gasteiger partial charge in [-0.15, -0.1) is 0 Å². The molecule has 5 nitrogen and oxygen atoms in total. The van der Waals surface area contributed by atoms with Gasteiger partial charge in [-0.2, -0.15) is 0 Å². The van der Waals surface area contributed by atoms with Gasteiger partial charge >= 0.3 is 0 Å². The van der Waals surface area contributed by atoms with Crippen molar-refractivity contribution in [3.8, 4) is 0 Å². The second-order valence-electron chi connectivity index (χ2n) is 9.14. The van der Waals surface area contributed by atoms with Crippen molar-refractivity contribution >= 4 is 13.9 Å². The molecule has 2 heterocycles. The predicted octanol–water partition coefficient (Wildman–Crippen LogP) is 3.50.